The van der Waals surface area contributed by atoms with Crippen molar-refractivity contribution < 1.29 is 0 Å². The van der Waals surface area contributed by atoms with Crippen LogP contribution >= 0.6 is 0 Å². The fourth-order valence-corrected chi connectivity index (χ4v) is 3.05. The summed E-state index contributed by atoms with van der Waals surface area (Å²) in [6.07, 6.45) is 10.6. The van der Waals surface area contributed by atoms with Gasteiger partial charge in [0.2, 0.25) is 0 Å². The first-order valence-electron chi connectivity index (χ1n) is 4.96. The summed E-state index contributed by atoms with van der Waals surface area (Å²) in [5.74, 6) is 2.47. The van der Waals surface area contributed by atoms with E-state index in [4.69, 9.17) is 0 Å². The van der Waals surface area contributed by atoms with Gasteiger partial charge in [-0.2, -0.15) is 0 Å². The highest BCUT2D eigenvalue weighted by atomic mass is 14.5. The molecule has 0 bridgehead atoms. The highest BCUT2D eigenvalue weighted by Crippen LogP contribution is 2.51. The quantitative estimate of drug-likeness (QED) is 0.512. The molecule has 12 heavy (non-hydrogen) atoms. The van der Waals surface area contributed by atoms with Crippen LogP contribution in [-0.2, 0) is 0 Å². The van der Waals surface area contributed by atoms with Gasteiger partial charge in [0.25, 0.3) is 0 Å². The maximum Gasteiger partial charge on any atom is -0.0113 e. The van der Waals surface area contributed by atoms with Gasteiger partial charge in [-0.25, -0.2) is 0 Å². The van der Waals surface area contributed by atoms with Crippen LogP contribution in [-0.4, -0.2) is 0 Å². The van der Waals surface area contributed by atoms with Crippen molar-refractivity contribution in [1.29, 1.82) is 0 Å². The summed E-state index contributed by atoms with van der Waals surface area (Å²) in [5.41, 5.74) is 0.519. The maximum absolute atomic E-state index is 2.40. The van der Waals surface area contributed by atoms with Gasteiger partial charge in [-0.3, -0.25) is 0 Å². The number of fused-ring (bicyclic) bond motifs is 1. The molecule has 1 saturated carbocycles. The smallest absolute Gasteiger partial charge is 0.0113 e. The Bertz CT molecular complexity index is 232. The van der Waals surface area contributed by atoms with Crippen LogP contribution in [0.3, 0.4) is 0 Å². The molecule has 0 saturated heterocycles. The second kappa shape index (κ2) is 2.48. The van der Waals surface area contributed by atoms with Crippen molar-refractivity contribution in [3.05, 3.63) is 24.3 Å². The summed E-state index contributed by atoms with van der Waals surface area (Å²) in [5, 5.41) is 0. The Morgan fingerprint density at radius 1 is 1.17 bits per heavy atom. The Kier molecular flexibility index (Phi) is 1.67. The summed E-state index contributed by atoms with van der Waals surface area (Å²) >= 11 is 0. The Labute approximate surface area is 75.4 Å². The SMILES string of the molecule is CC1CC(C)(C)C2C=CC=CC12. The Morgan fingerprint density at radius 3 is 2.50 bits per heavy atom. The zero-order valence-corrected chi connectivity index (χ0v) is 8.25. The average Bonchev–Trinajstić information content (AvgIpc) is 2.25. The Hall–Kier alpha value is -0.520. The second-order valence-corrected chi connectivity index (χ2v) is 5.04. The topological polar surface area (TPSA) is 0 Å². The van der Waals surface area contributed by atoms with Crippen LogP contribution in [0.4, 0.5) is 0 Å². The summed E-state index contributed by atoms with van der Waals surface area (Å²) in [4.78, 5) is 0. The summed E-state index contributed by atoms with van der Waals surface area (Å²) in [6, 6.07) is 0. The van der Waals surface area contributed by atoms with Gasteiger partial charge in [0, 0.05) is 0 Å². The number of hydrogen-bond acceptors (Lipinski definition) is 0. The zero-order chi connectivity index (χ0) is 8.77. The van der Waals surface area contributed by atoms with E-state index in [1.54, 1.807) is 0 Å². The molecule has 0 radical (unpaired) electrons. The van der Waals surface area contributed by atoms with E-state index in [0.717, 1.165) is 17.8 Å². The van der Waals surface area contributed by atoms with E-state index in [0.29, 0.717) is 5.41 Å². The molecule has 0 N–H and O–H groups in total. The Morgan fingerprint density at radius 2 is 1.83 bits per heavy atom. The van der Waals surface area contributed by atoms with Crippen LogP contribution in [0, 0.1) is 23.2 Å². The van der Waals surface area contributed by atoms with Crippen molar-refractivity contribution in [2.24, 2.45) is 23.2 Å². The largest absolute Gasteiger partial charge is 0.0806 e. The molecule has 1 fully saturated rings. The van der Waals surface area contributed by atoms with E-state index in [1.165, 1.54) is 6.42 Å². The van der Waals surface area contributed by atoms with E-state index < -0.39 is 0 Å². The first-order valence-corrected chi connectivity index (χ1v) is 4.96. The molecule has 0 heteroatoms. The highest BCUT2D eigenvalue weighted by molar-refractivity contribution is 5.20. The molecule has 2 rings (SSSR count). The van der Waals surface area contributed by atoms with Crippen LogP contribution < -0.4 is 0 Å². The van der Waals surface area contributed by atoms with E-state index in [1.807, 2.05) is 0 Å². The minimum atomic E-state index is 0.519. The lowest BCUT2D eigenvalue weighted by molar-refractivity contribution is 0.288. The normalized spacial score (nSPS) is 43.1. The molecule has 0 aromatic rings. The van der Waals surface area contributed by atoms with Crippen LogP contribution in [0.5, 0.6) is 0 Å². The predicted molar refractivity (Wildman–Crippen MR) is 52.8 cm³/mol. The van der Waals surface area contributed by atoms with Crippen LogP contribution in [0.2, 0.25) is 0 Å². The van der Waals surface area contributed by atoms with Gasteiger partial charge >= 0.3 is 0 Å². The van der Waals surface area contributed by atoms with Crippen LogP contribution in [0.1, 0.15) is 27.2 Å². The van der Waals surface area contributed by atoms with Gasteiger partial charge in [-0.15, -0.1) is 0 Å². The zero-order valence-electron chi connectivity index (χ0n) is 8.25. The monoisotopic (exact) mass is 162 g/mol. The van der Waals surface area contributed by atoms with E-state index in [-0.39, 0.29) is 0 Å². The third kappa shape index (κ3) is 1.05. The number of rotatable bonds is 0. The molecule has 0 heterocycles. The molecule has 0 nitrogen and oxygen atoms in total. The molecule has 2 aliphatic carbocycles. The van der Waals surface area contributed by atoms with Gasteiger partial charge in [0.1, 0.15) is 0 Å². The molecule has 0 spiro atoms. The van der Waals surface area contributed by atoms with Gasteiger partial charge in [-0.1, -0.05) is 45.1 Å². The molecular weight excluding hydrogens is 144 g/mol. The lowest BCUT2D eigenvalue weighted by atomic mass is 9.77. The minimum absolute atomic E-state index is 0.519. The van der Waals surface area contributed by atoms with Gasteiger partial charge in [-0.05, 0) is 29.6 Å². The predicted octanol–water partition coefficient (Wildman–Crippen LogP) is 3.41. The summed E-state index contributed by atoms with van der Waals surface area (Å²) in [6.45, 7) is 7.19. The number of allylic oxidation sites excluding steroid dienone is 4. The third-order valence-corrected chi connectivity index (χ3v) is 3.59. The fraction of sp³-hybridized carbons (Fsp3) is 0.667. The standard InChI is InChI=1S/C12H18/c1-9-8-12(2,3)11-7-5-4-6-10(9)11/h4-7,9-11H,8H2,1-3H3. The van der Waals surface area contributed by atoms with Gasteiger partial charge in [0.15, 0.2) is 0 Å². The van der Waals surface area contributed by atoms with Crippen LogP contribution in [0.25, 0.3) is 0 Å². The molecule has 3 atom stereocenters. The lowest BCUT2D eigenvalue weighted by Gasteiger charge is -2.28. The molecular formula is C12H18. The van der Waals surface area contributed by atoms with Crippen molar-refractivity contribution >= 4 is 0 Å². The molecule has 2 aliphatic rings. The third-order valence-electron chi connectivity index (χ3n) is 3.59. The minimum Gasteiger partial charge on any atom is -0.0806 e. The summed E-state index contributed by atoms with van der Waals surface area (Å²) in [7, 11) is 0. The lowest BCUT2D eigenvalue weighted by Crippen LogP contribution is -2.20. The van der Waals surface area contributed by atoms with Crippen molar-refractivity contribution in [2.75, 3.05) is 0 Å². The number of hydrogen-bond donors (Lipinski definition) is 0. The molecule has 0 amide bonds. The molecule has 0 aromatic heterocycles. The first kappa shape index (κ1) is 8.10. The van der Waals surface area contributed by atoms with E-state index in [2.05, 4.69) is 45.1 Å². The maximum atomic E-state index is 2.40. The average molecular weight is 162 g/mol. The van der Waals surface area contributed by atoms with Gasteiger partial charge < -0.3 is 0 Å². The summed E-state index contributed by atoms with van der Waals surface area (Å²) < 4.78 is 0. The second-order valence-electron chi connectivity index (χ2n) is 5.04. The van der Waals surface area contributed by atoms with E-state index >= 15 is 0 Å². The fourth-order valence-electron chi connectivity index (χ4n) is 3.05. The first-order chi connectivity index (χ1) is 5.61. The molecule has 3 unspecified atom stereocenters. The van der Waals surface area contributed by atoms with Crippen molar-refractivity contribution in [3.8, 4) is 0 Å². The molecule has 0 aromatic carbocycles. The Balaban J connectivity index is 2.30. The van der Waals surface area contributed by atoms with Crippen molar-refractivity contribution in [2.45, 2.75) is 27.2 Å². The van der Waals surface area contributed by atoms with Gasteiger partial charge in [0.05, 0.1) is 0 Å². The molecule has 66 valence electrons. The molecule has 0 aliphatic heterocycles. The van der Waals surface area contributed by atoms with Crippen LogP contribution in [0.15, 0.2) is 24.3 Å². The van der Waals surface area contributed by atoms with Crippen molar-refractivity contribution in [3.63, 3.8) is 0 Å². The highest BCUT2D eigenvalue weighted by Gasteiger charge is 2.43. The van der Waals surface area contributed by atoms with E-state index in [9.17, 15) is 0 Å². The van der Waals surface area contributed by atoms with Crippen molar-refractivity contribution in [1.82, 2.24) is 0 Å².